The van der Waals surface area contributed by atoms with Crippen molar-refractivity contribution in [3.8, 4) is 0 Å². The van der Waals surface area contributed by atoms with Crippen molar-refractivity contribution in [2.24, 2.45) is 10.2 Å². The highest BCUT2D eigenvalue weighted by atomic mass is 16.5. The van der Waals surface area contributed by atoms with Crippen molar-refractivity contribution < 1.29 is 24.7 Å². The van der Waals surface area contributed by atoms with E-state index in [9.17, 15) is 9.90 Å². The molecule has 0 aliphatic rings. The number of carboxylic acids is 1. The molecule has 3 aromatic carbocycles. The van der Waals surface area contributed by atoms with Crippen molar-refractivity contribution in [1.82, 2.24) is 11.2 Å². The first-order valence-electron chi connectivity index (χ1n) is 9.70. The molecule has 0 saturated heterocycles. The number of aliphatic carboxylic acids is 1. The summed E-state index contributed by atoms with van der Waals surface area (Å²) >= 11 is 0. The van der Waals surface area contributed by atoms with Crippen molar-refractivity contribution in [1.29, 1.82) is 0 Å². The predicted molar refractivity (Wildman–Crippen MR) is 119 cm³/mol. The Balaban J connectivity index is 1.64. The smallest absolute Gasteiger partial charge is 0.314 e. The molecule has 9 heteroatoms. The van der Waals surface area contributed by atoms with E-state index < -0.39 is 11.9 Å². The number of hydrogen-bond acceptors (Lipinski definition) is 8. The second-order valence-electron chi connectivity index (χ2n) is 7.20. The average Bonchev–Trinajstić information content (AvgIpc) is 3.22. The van der Waals surface area contributed by atoms with Crippen LogP contribution in [0.1, 0.15) is 28.4 Å². The van der Waals surface area contributed by atoms with Gasteiger partial charge < -0.3 is 9.52 Å². The number of rotatable bonds is 8. The second kappa shape index (κ2) is 9.29. The van der Waals surface area contributed by atoms with Crippen molar-refractivity contribution in [3.05, 3.63) is 83.1 Å². The Hall–Kier alpha value is -4.21. The normalized spacial score (nSPS) is 12.7. The van der Waals surface area contributed by atoms with Gasteiger partial charge in [0.25, 0.3) is 0 Å². The molecule has 0 saturated carbocycles. The van der Waals surface area contributed by atoms with Gasteiger partial charge in [0.15, 0.2) is 0 Å². The van der Waals surface area contributed by atoms with Gasteiger partial charge in [-0.2, -0.15) is 21.4 Å². The van der Waals surface area contributed by atoms with Crippen molar-refractivity contribution in [2.75, 3.05) is 0 Å². The quantitative estimate of drug-likeness (QED) is 0.212. The number of furan rings is 1. The molecule has 9 nitrogen and oxygen atoms in total. The highest BCUT2D eigenvalue weighted by Gasteiger charge is 2.24. The standard InChI is InChI=1S/C23H20N4O5/c28-23(29)20(22-11-19-9-16(13-25-27-31)3-6-21(19)32-22)10-14-1-4-17-5-2-15(12-24-26-30)8-18(17)7-14/h1-9,11-13,20,26-27,30-31H,10H2,(H,28,29). The van der Waals surface area contributed by atoms with Crippen molar-refractivity contribution in [3.63, 3.8) is 0 Å². The summed E-state index contributed by atoms with van der Waals surface area (Å²) in [7, 11) is 0. The van der Waals surface area contributed by atoms with E-state index >= 15 is 0 Å². The van der Waals surface area contributed by atoms with E-state index in [2.05, 4.69) is 10.2 Å². The summed E-state index contributed by atoms with van der Waals surface area (Å²) in [5.74, 6) is -1.48. The lowest BCUT2D eigenvalue weighted by Crippen LogP contribution is -2.13. The first kappa shape index (κ1) is 21.0. The maximum Gasteiger partial charge on any atom is 0.314 e. The highest BCUT2D eigenvalue weighted by molar-refractivity contribution is 5.91. The highest BCUT2D eigenvalue weighted by Crippen LogP contribution is 2.29. The summed E-state index contributed by atoms with van der Waals surface area (Å²) in [6, 6.07) is 18.5. The largest absolute Gasteiger partial charge is 0.481 e. The number of hydrazone groups is 2. The van der Waals surface area contributed by atoms with Crippen LogP contribution in [0.15, 0.2) is 75.3 Å². The van der Waals surface area contributed by atoms with Gasteiger partial charge >= 0.3 is 5.97 Å². The van der Waals surface area contributed by atoms with Crippen LogP contribution in [0.2, 0.25) is 0 Å². The van der Waals surface area contributed by atoms with Crippen LogP contribution in [0.3, 0.4) is 0 Å². The molecule has 1 atom stereocenters. The molecule has 162 valence electrons. The summed E-state index contributed by atoms with van der Waals surface area (Å²) in [6.45, 7) is 0. The molecular formula is C23H20N4O5. The third-order valence-electron chi connectivity index (χ3n) is 5.11. The molecule has 1 aromatic heterocycles. The summed E-state index contributed by atoms with van der Waals surface area (Å²) in [4.78, 5) is 12.1. The number of hydrogen-bond donors (Lipinski definition) is 5. The second-order valence-corrected chi connectivity index (χ2v) is 7.20. The molecule has 0 bridgehead atoms. The van der Waals surface area contributed by atoms with Gasteiger partial charge in [-0.3, -0.25) is 15.2 Å². The van der Waals surface area contributed by atoms with Crippen molar-refractivity contribution in [2.45, 2.75) is 12.3 Å². The molecule has 0 fully saturated rings. The number of carboxylic acid groups (broad SMARTS) is 1. The Morgan fingerprint density at radius 1 is 0.875 bits per heavy atom. The first-order valence-corrected chi connectivity index (χ1v) is 9.70. The van der Waals surface area contributed by atoms with Crippen LogP contribution in [0, 0.1) is 0 Å². The molecule has 32 heavy (non-hydrogen) atoms. The molecular weight excluding hydrogens is 412 g/mol. The summed E-state index contributed by atoms with van der Waals surface area (Å²) < 4.78 is 5.84. The van der Waals surface area contributed by atoms with E-state index in [1.165, 1.54) is 12.4 Å². The minimum absolute atomic E-state index is 0.254. The number of nitrogens with one attached hydrogen (secondary N) is 2. The molecule has 4 rings (SSSR count). The van der Waals surface area contributed by atoms with Crippen LogP contribution in [0.5, 0.6) is 0 Å². The minimum Gasteiger partial charge on any atom is -0.481 e. The maximum absolute atomic E-state index is 12.1. The Bertz CT molecular complexity index is 1330. The van der Waals surface area contributed by atoms with Crippen LogP contribution in [0.4, 0.5) is 0 Å². The van der Waals surface area contributed by atoms with Crippen molar-refractivity contribution >= 4 is 40.1 Å². The van der Waals surface area contributed by atoms with Gasteiger partial charge in [0, 0.05) is 5.39 Å². The summed E-state index contributed by atoms with van der Waals surface area (Å²) in [6.07, 6.45) is 3.17. The Morgan fingerprint density at radius 3 is 2.22 bits per heavy atom. The van der Waals surface area contributed by atoms with Gasteiger partial charge in [-0.1, -0.05) is 30.3 Å². The molecule has 5 N–H and O–H groups in total. The first-order chi connectivity index (χ1) is 15.6. The summed E-state index contributed by atoms with van der Waals surface area (Å²) in [5.41, 5.74) is 6.37. The van der Waals surface area contributed by atoms with Gasteiger partial charge in [0.1, 0.15) is 17.3 Å². The fraction of sp³-hybridized carbons (Fsp3) is 0.0870. The number of benzene rings is 3. The number of fused-ring (bicyclic) bond motifs is 2. The van der Waals surface area contributed by atoms with E-state index in [-0.39, 0.29) is 6.42 Å². The van der Waals surface area contributed by atoms with Crippen LogP contribution in [-0.2, 0) is 11.2 Å². The number of nitrogens with zero attached hydrogens (tertiary/aromatic N) is 2. The Kier molecular flexibility index (Phi) is 6.11. The minimum atomic E-state index is -0.981. The third kappa shape index (κ3) is 4.59. The zero-order chi connectivity index (χ0) is 22.5. The topological polar surface area (TPSA) is 140 Å². The predicted octanol–water partition coefficient (Wildman–Crippen LogP) is 3.62. The van der Waals surface area contributed by atoms with Crippen LogP contribution < -0.4 is 11.2 Å². The SMILES string of the molecule is O=C(O)C(Cc1ccc2ccc(C=NNO)cc2c1)c1cc2cc(C=NNO)ccc2o1. The monoisotopic (exact) mass is 432 g/mol. The molecule has 0 radical (unpaired) electrons. The Labute approximate surface area is 182 Å². The molecule has 0 aliphatic heterocycles. The zero-order valence-electron chi connectivity index (χ0n) is 16.8. The molecule has 0 aliphatic carbocycles. The molecule has 0 amide bonds. The lowest BCUT2D eigenvalue weighted by Gasteiger charge is -2.11. The summed E-state index contributed by atoms with van der Waals surface area (Å²) in [5, 5.41) is 36.9. The van der Waals surface area contributed by atoms with Gasteiger partial charge in [-0.15, -0.1) is 0 Å². The molecule has 0 spiro atoms. The Morgan fingerprint density at radius 2 is 1.53 bits per heavy atom. The zero-order valence-corrected chi connectivity index (χ0v) is 16.8. The third-order valence-corrected chi connectivity index (χ3v) is 5.11. The molecule has 1 unspecified atom stereocenters. The average molecular weight is 432 g/mol. The van der Waals surface area contributed by atoms with Gasteiger partial charge in [0.05, 0.1) is 12.4 Å². The van der Waals surface area contributed by atoms with E-state index in [4.69, 9.17) is 14.8 Å². The molecule has 4 aromatic rings. The van der Waals surface area contributed by atoms with E-state index in [0.29, 0.717) is 11.3 Å². The maximum atomic E-state index is 12.1. The van der Waals surface area contributed by atoms with E-state index in [1.54, 1.807) is 35.4 Å². The van der Waals surface area contributed by atoms with Gasteiger partial charge in [-0.25, -0.2) is 0 Å². The fourth-order valence-corrected chi connectivity index (χ4v) is 3.61. The van der Waals surface area contributed by atoms with Gasteiger partial charge in [-0.05, 0) is 64.2 Å². The molecule has 1 heterocycles. The number of carbonyl (C=O) groups is 1. The lowest BCUT2D eigenvalue weighted by atomic mass is 9.94. The van der Waals surface area contributed by atoms with E-state index in [0.717, 1.165) is 32.8 Å². The van der Waals surface area contributed by atoms with E-state index in [1.807, 2.05) is 36.4 Å². The van der Waals surface area contributed by atoms with Crippen LogP contribution in [-0.4, -0.2) is 33.9 Å². The van der Waals surface area contributed by atoms with Crippen LogP contribution >= 0.6 is 0 Å². The van der Waals surface area contributed by atoms with Crippen LogP contribution in [0.25, 0.3) is 21.7 Å². The fourth-order valence-electron chi connectivity index (χ4n) is 3.61. The lowest BCUT2D eigenvalue weighted by molar-refractivity contribution is -0.139. The van der Waals surface area contributed by atoms with Gasteiger partial charge in [0.2, 0.25) is 0 Å².